The Balaban J connectivity index is 1.42. The lowest BCUT2D eigenvalue weighted by atomic mass is 9.95. The topological polar surface area (TPSA) is 62.3 Å². The van der Waals surface area contributed by atoms with Gasteiger partial charge in [-0.3, -0.25) is 14.6 Å². The maximum atomic E-state index is 12.3. The summed E-state index contributed by atoms with van der Waals surface area (Å²) in [6.07, 6.45) is 6.36. The molecular weight excluding hydrogens is 298 g/mol. The second kappa shape index (κ2) is 6.77. The molecule has 1 N–H and O–H groups in total. The zero-order valence-electron chi connectivity index (χ0n) is 13.0. The first-order chi connectivity index (χ1) is 10.6. The molecule has 2 aliphatic rings. The van der Waals surface area contributed by atoms with Crippen molar-refractivity contribution in [2.24, 2.45) is 11.8 Å². The molecular formula is C16H23N3O2S. The van der Waals surface area contributed by atoms with Gasteiger partial charge in [-0.2, -0.15) is 0 Å². The highest BCUT2D eigenvalue weighted by atomic mass is 32.1. The van der Waals surface area contributed by atoms with Crippen molar-refractivity contribution in [3.8, 4) is 0 Å². The summed E-state index contributed by atoms with van der Waals surface area (Å²) in [7, 11) is 0. The lowest BCUT2D eigenvalue weighted by Crippen LogP contribution is -2.45. The highest BCUT2D eigenvalue weighted by Crippen LogP contribution is 2.32. The molecule has 0 bridgehead atoms. The maximum absolute atomic E-state index is 12.3. The number of rotatable bonds is 5. The molecule has 0 radical (unpaired) electrons. The van der Waals surface area contributed by atoms with Crippen molar-refractivity contribution in [2.75, 3.05) is 13.1 Å². The molecule has 2 heterocycles. The Morgan fingerprint density at radius 1 is 1.32 bits per heavy atom. The van der Waals surface area contributed by atoms with Gasteiger partial charge in [-0.25, -0.2) is 0 Å². The van der Waals surface area contributed by atoms with E-state index in [4.69, 9.17) is 0 Å². The summed E-state index contributed by atoms with van der Waals surface area (Å²) >= 11 is 1.62. The largest absolute Gasteiger partial charge is 0.353 e. The highest BCUT2D eigenvalue weighted by molar-refractivity contribution is 7.09. The van der Waals surface area contributed by atoms with Crippen LogP contribution >= 0.6 is 11.3 Å². The number of piperidine rings is 1. The zero-order chi connectivity index (χ0) is 15.5. The third-order valence-corrected chi connectivity index (χ3v) is 5.29. The summed E-state index contributed by atoms with van der Waals surface area (Å²) in [5, 5.41) is 3.10. The van der Waals surface area contributed by atoms with Crippen molar-refractivity contribution >= 4 is 23.2 Å². The first-order valence-electron chi connectivity index (χ1n) is 8.10. The normalized spacial score (nSPS) is 20.7. The SMILES string of the molecule is C[C@H](Cc1cncs1)NC(=O)C1CCN(C(=O)C2CC2)CC1. The van der Waals surface area contributed by atoms with Gasteiger partial charge in [0.15, 0.2) is 0 Å². The molecule has 1 aromatic rings. The van der Waals surface area contributed by atoms with Crippen molar-refractivity contribution in [1.82, 2.24) is 15.2 Å². The minimum Gasteiger partial charge on any atom is -0.353 e. The monoisotopic (exact) mass is 321 g/mol. The van der Waals surface area contributed by atoms with Crippen LogP contribution in [0.1, 0.15) is 37.5 Å². The molecule has 120 valence electrons. The summed E-state index contributed by atoms with van der Waals surface area (Å²) in [5.74, 6) is 0.768. The van der Waals surface area contributed by atoms with Crippen molar-refractivity contribution in [2.45, 2.75) is 45.1 Å². The van der Waals surface area contributed by atoms with Crippen LogP contribution in [-0.2, 0) is 16.0 Å². The second-order valence-corrected chi connectivity index (χ2v) is 7.43. The second-order valence-electron chi connectivity index (χ2n) is 6.46. The van der Waals surface area contributed by atoms with E-state index in [1.165, 1.54) is 4.88 Å². The fraction of sp³-hybridized carbons (Fsp3) is 0.688. The van der Waals surface area contributed by atoms with E-state index >= 15 is 0 Å². The average Bonchev–Trinajstić information content (AvgIpc) is 3.25. The number of hydrogen-bond acceptors (Lipinski definition) is 4. The van der Waals surface area contributed by atoms with Crippen LogP contribution in [0.5, 0.6) is 0 Å². The van der Waals surface area contributed by atoms with Gasteiger partial charge in [-0.05, 0) is 32.6 Å². The van der Waals surface area contributed by atoms with Crippen LogP contribution in [0, 0.1) is 11.8 Å². The molecule has 1 saturated carbocycles. The van der Waals surface area contributed by atoms with E-state index < -0.39 is 0 Å². The number of likely N-dealkylation sites (tertiary alicyclic amines) is 1. The Bertz CT molecular complexity index is 520. The number of amides is 2. The minimum absolute atomic E-state index is 0.0483. The van der Waals surface area contributed by atoms with E-state index in [1.54, 1.807) is 11.3 Å². The third-order valence-electron chi connectivity index (χ3n) is 4.48. The van der Waals surface area contributed by atoms with Gasteiger partial charge in [-0.15, -0.1) is 11.3 Å². The van der Waals surface area contributed by atoms with E-state index in [-0.39, 0.29) is 23.8 Å². The fourth-order valence-corrected chi connectivity index (χ4v) is 3.73. The summed E-state index contributed by atoms with van der Waals surface area (Å²) in [4.78, 5) is 31.5. The Kier molecular flexibility index (Phi) is 4.76. The average molecular weight is 321 g/mol. The molecule has 0 aromatic carbocycles. The van der Waals surface area contributed by atoms with Gasteiger partial charge in [0.2, 0.25) is 11.8 Å². The maximum Gasteiger partial charge on any atom is 0.225 e. The van der Waals surface area contributed by atoms with Crippen molar-refractivity contribution in [1.29, 1.82) is 0 Å². The summed E-state index contributed by atoms with van der Waals surface area (Å²) in [5.41, 5.74) is 1.82. The summed E-state index contributed by atoms with van der Waals surface area (Å²) in [6.45, 7) is 3.50. The lowest BCUT2D eigenvalue weighted by Gasteiger charge is -2.32. The molecule has 22 heavy (non-hydrogen) atoms. The van der Waals surface area contributed by atoms with Crippen LogP contribution in [0.15, 0.2) is 11.7 Å². The number of carbonyl (C=O) groups is 2. The molecule has 2 amide bonds. The van der Waals surface area contributed by atoms with Gasteiger partial charge in [0.25, 0.3) is 0 Å². The Morgan fingerprint density at radius 3 is 2.64 bits per heavy atom. The number of hydrogen-bond donors (Lipinski definition) is 1. The number of aromatic nitrogens is 1. The third kappa shape index (κ3) is 3.85. The standard InChI is InChI=1S/C16H23N3O2S/c1-11(8-14-9-17-10-22-14)18-15(20)12-4-6-19(7-5-12)16(21)13-2-3-13/h9-13H,2-8H2,1H3,(H,18,20)/t11-/m1/s1. The molecule has 6 heteroatoms. The highest BCUT2D eigenvalue weighted by Gasteiger charge is 2.36. The van der Waals surface area contributed by atoms with Crippen molar-refractivity contribution in [3.05, 3.63) is 16.6 Å². The quantitative estimate of drug-likeness (QED) is 0.900. The van der Waals surface area contributed by atoms with E-state index in [0.29, 0.717) is 5.91 Å². The van der Waals surface area contributed by atoms with Gasteiger partial charge >= 0.3 is 0 Å². The van der Waals surface area contributed by atoms with Gasteiger partial charge in [0, 0.05) is 48.5 Å². The molecule has 3 rings (SSSR count). The number of carbonyl (C=O) groups excluding carboxylic acids is 2. The summed E-state index contributed by atoms with van der Waals surface area (Å²) in [6, 6.07) is 0.124. The molecule has 0 unspecified atom stereocenters. The number of nitrogens with zero attached hydrogens (tertiary/aromatic N) is 2. The lowest BCUT2D eigenvalue weighted by molar-refractivity contribution is -0.136. The van der Waals surface area contributed by atoms with E-state index in [2.05, 4.69) is 10.3 Å². The zero-order valence-corrected chi connectivity index (χ0v) is 13.8. The Morgan fingerprint density at radius 2 is 2.05 bits per heavy atom. The Labute approximate surface area is 135 Å². The predicted molar refractivity (Wildman–Crippen MR) is 85.5 cm³/mol. The molecule has 1 aromatic heterocycles. The van der Waals surface area contributed by atoms with E-state index in [1.807, 2.05) is 23.5 Å². The van der Waals surface area contributed by atoms with Crippen LogP contribution in [0.3, 0.4) is 0 Å². The van der Waals surface area contributed by atoms with E-state index in [9.17, 15) is 9.59 Å². The van der Waals surface area contributed by atoms with Gasteiger partial charge in [-0.1, -0.05) is 0 Å². The molecule has 1 aliphatic heterocycles. The van der Waals surface area contributed by atoms with Crippen molar-refractivity contribution < 1.29 is 9.59 Å². The van der Waals surface area contributed by atoms with E-state index in [0.717, 1.165) is 45.2 Å². The molecule has 1 saturated heterocycles. The number of nitrogens with one attached hydrogen (secondary N) is 1. The van der Waals surface area contributed by atoms with Crippen LogP contribution < -0.4 is 5.32 Å². The van der Waals surface area contributed by atoms with Gasteiger partial charge in [0.05, 0.1) is 5.51 Å². The molecule has 0 spiro atoms. The number of thiazole rings is 1. The van der Waals surface area contributed by atoms with Crippen LogP contribution in [0.2, 0.25) is 0 Å². The molecule has 1 atom stereocenters. The molecule has 5 nitrogen and oxygen atoms in total. The van der Waals surface area contributed by atoms with Crippen LogP contribution in [0.25, 0.3) is 0 Å². The van der Waals surface area contributed by atoms with Crippen LogP contribution in [0.4, 0.5) is 0 Å². The first kappa shape index (κ1) is 15.5. The summed E-state index contributed by atoms with van der Waals surface area (Å²) < 4.78 is 0. The van der Waals surface area contributed by atoms with Gasteiger partial charge in [0.1, 0.15) is 0 Å². The predicted octanol–water partition coefficient (Wildman–Crippen LogP) is 1.84. The Hall–Kier alpha value is -1.43. The molecule has 2 fully saturated rings. The van der Waals surface area contributed by atoms with Crippen molar-refractivity contribution in [3.63, 3.8) is 0 Å². The minimum atomic E-state index is 0.0483. The molecule has 1 aliphatic carbocycles. The van der Waals surface area contributed by atoms with Gasteiger partial charge < -0.3 is 10.2 Å². The first-order valence-corrected chi connectivity index (χ1v) is 8.98. The smallest absolute Gasteiger partial charge is 0.225 e. The fourth-order valence-electron chi connectivity index (χ4n) is 3.01. The van der Waals surface area contributed by atoms with Crippen LogP contribution in [-0.4, -0.2) is 40.8 Å².